The van der Waals surface area contributed by atoms with Crippen LogP contribution >= 0.6 is 0 Å². The van der Waals surface area contributed by atoms with E-state index < -0.39 is 36.8 Å². The Morgan fingerprint density at radius 2 is 0.973 bits per heavy atom. The van der Waals surface area contributed by atoms with Gasteiger partial charge in [0.05, 0.1) is 0 Å². The summed E-state index contributed by atoms with van der Waals surface area (Å²) in [7, 11) is 0. The molecule has 0 nitrogen and oxygen atoms in total. The average Bonchev–Trinajstić information content (AvgIpc) is 3.11. The fourth-order valence-corrected chi connectivity index (χ4v) is 13.4. The van der Waals surface area contributed by atoms with Crippen LogP contribution in [-0.4, -0.2) is 36.8 Å². The van der Waals surface area contributed by atoms with Crippen LogP contribution in [0, 0.1) is 11.8 Å². The zero-order valence-corrected chi connectivity index (χ0v) is 31.9. The number of rotatable bonds is 14. The quantitative estimate of drug-likeness (QED) is 0.171. The third-order valence-electron chi connectivity index (χ3n) is 9.45. The maximum atomic E-state index is 2.75. The van der Waals surface area contributed by atoms with Gasteiger partial charge in [0.2, 0.25) is 0 Å². The molecule has 0 bridgehead atoms. The second-order valence-corrected chi connectivity index (χ2v) is 43.3. The molecule has 0 spiro atoms. The predicted molar refractivity (Wildman–Crippen MR) is 174 cm³/mol. The topological polar surface area (TPSA) is 0 Å². The van der Waals surface area contributed by atoms with Gasteiger partial charge in [0.15, 0.2) is 0 Å². The van der Waals surface area contributed by atoms with Gasteiger partial charge in [-0.3, -0.25) is 0 Å². The van der Waals surface area contributed by atoms with E-state index in [-0.39, 0.29) is 5.41 Å². The van der Waals surface area contributed by atoms with Gasteiger partial charge in [-0.05, 0) is 0 Å². The first-order chi connectivity index (χ1) is 17.4. The van der Waals surface area contributed by atoms with E-state index in [2.05, 4.69) is 93.7 Å². The molecule has 1 aliphatic rings. The molecular weight excluding hydrogens is 658 g/mol. The third-order valence-corrected chi connectivity index (χ3v) is 21.1. The summed E-state index contributed by atoms with van der Waals surface area (Å²) in [6.45, 7) is 9.66. The molecule has 2 atom stereocenters. The number of benzene rings is 2. The van der Waals surface area contributed by atoms with Crippen LogP contribution in [-0.2, 0) is 5.41 Å². The molecule has 37 heavy (non-hydrogen) atoms. The summed E-state index contributed by atoms with van der Waals surface area (Å²) in [6.07, 6.45) is 13.5. The average molecular weight is 716 g/mol. The summed E-state index contributed by atoms with van der Waals surface area (Å²) in [4.78, 5) is 15.6. The van der Waals surface area contributed by atoms with Crippen LogP contribution < -0.4 is 7.16 Å². The minimum atomic E-state index is -2.22. The SMILES string of the molecule is CCCCC(CC)CC1(CC(CC)CCCC)c2c[c]([Sn]([CH3])([CH3])[CH3])ccc2-c2cc[c]([Sn]([CH3])([CH3])[CH3])cc21. The van der Waals surface area contributed by atoms with E-state index in [9.17, 15) is 0 Å². The molecule has 0 aliphatic heterocycles. The number of unbranched alkanes of at least 4 members (excludes halogenated alkanes) is 2. The number of hydrogen-bond donors (Lipinski definition) is 0. The van der Waals surface area contributed by atoms with Crippen LogP contribution in [0.3, 0.4) is 0 Å². The summed E-state index contributed by atoms with van der Waals surface area (Å²) < 4.78 is 3.42. The molecule has 0 saturated heterocycles. The molecule has 0 saturated carbocycles. The van der Waals surface area contributed by atoms with Crippen LogP contribution in [0.15, 0.2) is 36.4 Å². The van der Waals surface area contributed by atoms with Crippen LogP contribution in [0.5, 0.6) is 0 Å². The first-order valence-corrected chi connectivity index (χ1v) is 35.7. The van der Waals surface area contributed by atoms with Gasteiger partial charge in [-0.1, -0.05) is 0 Å². The van der Waals surface area contributed by atoms with Crippen molar-refractivity contribution in [2.45, 2.75) is 127 Å². The van der Waals surface area contributed by atoms with Gasteiger partial charge < -0.3 is 0 Å². The maximum absolute atomic E-state index is 2.75. The van der Waals surface area contributed by atoms with E-state index in [1.54, 1.807) is 29.4 Å². The predicted octanol–water partition coefficient (Wildman–Crippen LogP) is 10.3. The van der Waals surface area contributed by atoms with Crippen LogP contribution in [0.4, 0.5) is 0 Å². The zero-order valence-electron chi connectivity index (χ0n) is 26.2. The molecule has 2 unspecified atom stereocenters. The van der Waals surface area contributed by atoms with E-state index in [0.717, 1.165) is 11.8 Å². The molecule has 3 rings (SSSR count). The molecule has 2 heteroatoms. The van der Waals surface area contributed by atoms with Gasteiger partial charge in [-0.2, -0.15) is 0 Å². The van der Waals surface area contributed by atoms with Gasteiger partial charge in [0.1, 0.15) is 0 Å². The van der Waals surface area contributed by atoms with Gasteiger partial charge in [0.25, 0.3) is 0 Å². The third kappa shape index (κ3) is 7.22. The zero-order chi connectivity index (χ0) is 27.4. The van der Waals surface area contributed by atoms with Crippen molar-refractivity contribution in [1.82, 2.24) is 0 Å². The van der Waals surface area contributed by atoms with Crippen molar-refractivity contribution >= 4 is 43.9 Å². The van der Waals surface area contributed by atoms with Crippen LogP contribution in [0.1, 0.15) is 103 Å². The van der Waals surface area contributed by atoms with E-state index in [1.165, 1.54) is 64.2 Å². The van der Waals surface area contributed by atoms with Crippen molar-refractivity contribution in [3.05, 3.63) is 47.5 Å². The Labute approximate surface area is 239 Å². The van der Waals surface area contributed by atoms with Crippen LogP contribution in [0.25, 0.3) is 11.1 Å². The molecule has 0 fully saturated rings. The standard InChI is InChI=1S/C29H40.6CH3.2Sn/c1-5-9-15-23(7-3)21-29(22-24(8-4)16-10-6-2)27-19-13-11-17-25(27)26-18-12-14-20-28(26)29;;;;;;;;/h11-12,17-20,23-24H,5-10,15-16,21-22H2,1-4H3;6*1H3;;. The Balaban J connectivity index is 2.31. The fourth-order valence-electron chi connectivity index (χ4n) is 6.82. The summed E-state index contributed by atoms with van der Waals surface area (Å²) in [5, 5.41) is 0. The second-order valence-electron chi connectivity index (χ2n) is 14.3. The number of fused-ring (bicyclic) bond motifs is 3. The minimum absolute atomic E-state index is 0.188. The first-order valence-electron chi connectivity index (χ1n) is 15.7. The summed E-state index contributed by atoms with van der Waals surface area (Å²) in [6, 6.07) is 15.7. The Hall–Kier alpha value is 0.0374. The summed E-state index contributed by atoms with van der Waals surface area (Å²) >= 11 is -4.44. The molecule has 1 aliphatic carbocycles. The van der Waals surface area contributed by atoms with Crippen molar-refractivity contribution < 1.29 is 0 Å². The summed E-state index contributed by atoms with van der Waals surface area (Å²) in [5.74, 6) is 1.62. The Morgan fingerprint density at radius 3 is 1.27 bits per heavy atom. The molecule has 2 aromatic carbocycles. The second kappa shape index (κ2) is 13.1. The molecule has 0 heterocycles. The van der Waals surface area contributed by atoms with Crippen LogP contribution in [0.2, 0.25) is 29.6 Å². The monoisotopic (exact) mass is 718 g/mol. The van der Waals surface area contributed by atoms with Gasteiger partial charge in [-0.15, -0.1) is 0 Å². The number of hydrogen-bond acceptors (Lipinski definition) is 0. The Kier molecular flexibility index (Phi) is 11.2. The molecule has 206 valence electrons. The van der Waals surface area contributed by atoms with Gasteiger partial charge >= 0.3 is 241 Å². The Bertz CT molecular complexity index is 937. The van der Waals surface area contributed by atoms with Crippen molar-refractivity contribution in [2.24, 2.45) is 11.8 Å². The fraction of sp³-hybridized carbons (Fsp3) is 0.657. The Morgan fingerprint density at radius 1 is 0.595 bits per heavy atom. The van der Waals surface area contributed by atoms with Crippen molar-refractivity contribution in [1.29, 1.82) is 0 Å². The molecular formula is C35H58Sn2. The van der Waals surface area contributed by atoms with Crippen molar-refractivity contribution in [3.8, 4) is 11.1 Å². The molecule has 2 aromatic rings. The van der Waals surface area contributed by atoms with Gasteiger partial charge in [-0.25, -0.2) is 0 Å². The molecule has 0 radical (unpaired) electrons. The summed E-state index contributed by atoms with van der Waals surface area (Å²) in [5.41, 5.74) is 6.77. The van der Waals surface area contributed by atoms with Gasteiger partial charge in [0, 0.05) is 0 Å². The first kappa shape index (κ1) is 31.6. The molecule has 0 aromatic heterocycles. The van der Waals surface area contributed by atoms with Crippen molar-refractivity contribution in [2.75, 3.05) is 0 Å². The van der Waals surface area contributed by atoms with E-state index >= 15 is 0 Å². The normalized spacial score (nSPS) is 16.4. The van der Waals surface area contributed by atoms with E-state index in [0.29, 0.717) is 0 Å². The molecule has 0 N–H and O–H groups in total. The van der Waals surface area contributed by atoms with E-state index in [1.807, 2.05) is 0 Å². The molecule has 0 amide bonds. The van der Waals surface area contributed by atoms with E-state index in [4.69, 9.17) is 0 Å². The van der Waals surface area contributed by atoms with Crippen molar-refractivity contribution in [3.63, 3.8) is 0 Å².